The van der Waals surface area contributed by atoms with E-state index < -0.39 is 58.2 Å². The summed E-state index contributed by atoms with van der Waals surface area (Å²) in [7, 11) is 0. The number of Topliss-reactive ketones (excluding diaryl/α,β-unsaturated/α-hetero) is 3. The molecule has 1 fully saturated rings. The first-order valence-electron chi connectivity index (χ1n) is 12.5. The number of hydrogen-bond donors (Lipinski definition) is 4. The number of ketones is 3. The maximum Gasteiger partial charge on any atom is 0.330 e. The van der Waals surface area contributed by atoms with Gasteiger partial charge in [0.05, 0.1) is 0 Å². The lowest BCUT2D eigenvalue weighted by molar-refractivity contribution is -0.108. The molecular formula is C30H24N2O9. The van der Waals surface area contributed by atoms with E-state index in [0.29, 0.717) is 4.57 Å². The molecule has 0 spiro atoms. The average Bonchev–Trinajstić information content (AvgIpc) is 3.25. The molecule has 0 aliphatic carbocycles. The van der Waals surface area contributed by atoms with Crippen molar-refractivity contribution >= 4 is 17.3 Å². The van der Waals surface area contributed by atoms with Gasteiger partial charge in [0.2, 0.25) is 17.2 Å². The van der Waals surface area contributed by atoms with Crippen LogP contribution >= 0.6 is 0 Å². The van der Waals surface area contributed by atoms with Crippen LogP contribution < -0.4 is 11.2 Å². The van der Waals surface area contributed by atoms with Gasteiger partial charge in [0.1, 0.15) is 12.2 Å². The van der Waals surface area contributed by atoms with E-state index in [0.717, 1.165) is 12.3 Å². The van der Waals surface area contributed by atoms with Crippen molar-refractivity contribution in [1.82, 2.24) is 9.55 Å². The van der Waals surface area contributed by atoms with Crippen molar-refractivity contribution in [2.45, 2.75) is 29.6 Å². The third-order valence-corrected chi connectivity index (χ3v) is 7.11. The molecule has 11 nitrogen and oxygen atoms in total. The maximum atomic E-state index is 14.1. The number of nitrogens with one attached hydrogen (secondary N) is 1. The number of aliphatic hydroxyl groups excluding tert-OH is 1. The molecule has 0 saturated carbocycles. The molecule has 4 aromatic rings. The topological polar surface area (TPSA) is 176 Å². The fourth-order valence-corrected chi connectivity index (χ4v) is 5.04. The Morgan fingerprint density at radius 1 is 0.732 bits per heavy atom. The van der Waals surface area contributed by atoms with Crippen LogP contribution in [-0.4, -0.2) is 65.6 Å². The minimum Gasteiger partial charge on any atom is -0.382 e. The third kappa shape index (κ3) is 4.46. The quantitative estimate of drug-likeness (QED) is 0.230. The second kappa shape index (κ2) is 10.6. The van der Waals surface area contributed by atoms with Crippen molar-refractivity contribution in [2.75, 3.05) is 0 Å². The van der Waals surface area contributed by atoms with Crippen molar-refractivity contribution in [1.29, 1.82) is 0 Å². The van der Waals surface area contributed by atoms with Gasteiger partial charge in [-0.05, 0) is 0 Å². The van der Waals surface area contributed by atoms with Crippen LogP contribution in [0, 0.1) is 0 Å². The minimum absolute atomic E-state index is 0.0132. The van der Waals surface area contributed by atoms with Gasteiger partial charge in [0.15, 0.2) is 17.6 Å². The highest BCUT2D eigenvalue weighted by Gasteiger charge is 2.75. The highest BCUT2D eigenvalue weighted by molar-refractivity contribution is 6.14. The van der Waals surface area contributed by atoms with E-state index in [1.807, 2.05) is 4.98 Å². The fourth-order valence-electron chi connectivity index (χ4n) is 5.04. The van der Waals surface area contributed by atoms with Crippen molar-refractivity contribution in [3.05, 3.63) is 141 Å². The van der Waals surface area contributed by atoms with Gasteiger partial charge in [-0.2, -0.15) is 0 Å². The molecule has 0 bridgehead atoms. The standard InChI is InChI=1S/C30H24N2O9/c33-21-16-17-32(28(38)31-21)27-30(40,25(37)20-14-8-3-9-15-20)29(39,24(36)19-12-6-2-7-13-19)26(41-27)23(35)22(34)18-10-4-1-5-11-18/h1-17,23,26-27,35,39-40H,(H,31,33,38)/t23?,26-,27-,29-,30+/m1/s1. The van der Waals surface area contributed by atoms with Crippen LogP contribution in [0.4, 0.5) is 0 Å². The molecule has 0 radical (unpaired) electrons. The number of aliphatic hydroxyl groups is 3. The predicted octanol–water partition coefficient (Wildman–Crippen LogP) is 0.906. The zero-order valence-electron chi connectivity index (χ0n) is 21.3. The first-order valence-corrected chi connectivity index (χ1v) is 12.5. The molecule has 1 aliphatic heterocycles. The molecule has 41 heavy (non-hydrogen) atoms. The molecule has 2 heterocycles. The van der Waals surface area contributed by atoms with E-state index in [4.69, 9.17) is 4.74 Å². The number of H-pyrrole nitrogens is 1. The number of carbonyl (C=O) groups is 3. The number of nitrogens with zero attached hydrogens (tertiary/aromatic N) is 1. The minimum atomic E-state index is -3.33. The van der Waals surface area contributed by atoms with Gasteiger partial charge < -0.3 is 20.1 Å². The van der Waals surface area contributed by atoms with E-state index in [9.17, 15) is 39.3 Å². The van der Waals surface area contributed by atoms with Crippen LogP contribution in [0.25, 0.3) is 0 Å². The SMILES string of the molecule is O=C(c1ccccc1)C(O)[C@H]1O[C@@H](n2ccc(=O)[nH]c2=O)[C@@](O)(C(=O)c2ccccc2)[C@@]1(O)C(=O)c1ccccc1. The Labute approximate surface area is 231 Å². The molecule has 3 aromatic carbocycles. The van der Waals surface area contributed by atoms with E-state index in [-0.39, 0.29) is 16.7 Å². The molecular weight excluding hydrogens is 532 g/mol. The molecule has 208 valence electrons. The van der Waals surface area contributed by atoms with Gasteiger partial charge in [0, 0.05) is 29.0 Å². The number of benzene rings is 3. The molecule has 0 amide bonds. The van der Waals surface area contributed by atoms with Crippen molar-refractivity contribution in [3.63, 3.8) is 0 Å². The average molecular weight is 557 g/mol. The normalized spacial score (nSPS) is 24.5. The molecule has 4 N–H and O–H groups in total. The zero-order chi connectivity index (χ0) is 29.4. The van der Waals surface area contributed by atoms with E-state index >= 15 is 0 Å². The summed E-state index contributed by atoms with van der Waals surface area (Å²) in [5.41, 5.74) is -8.96. The van der Waals surface area contributed by atoms with Crippen molar-refractivity contribution in [3.8, 4) is 0 Å². The Hall–Kier alpha value is -4.81. The molecule has 1 aliphatic rings. The monoisotopic (exact) mass is 556 g/mol. The first-order chi connectivity index (χ1) is 19.6. The number of carbonyl (C=O) groups excluding carboxylic acids is 3. The van der Waals surface area contributed by atoms with Gasteiger partial charge >= 0.3 is 5.69 Å². The van der Waals surface area contributed by atoms with E-state index in [2.05, 4.69) is 0 Å². The predicted molar refractivity (Wildman–Crippen MR) is 143 cm³/mol. The number of rotatable bonds is 8. The molecule has 1 aromatic heterocycles. The summed E-state index contributed by atoms with van der Waals surface area (Å²) in [6.07, 6.45) is -5.84. The van der Waals surface area contributed by atoms with Crippen LogP contribution in [0.3, 0.4) is 0 Å². The van der Waals surface area contributed by atoms with Gasteiger partial charge in [-0.15, -0.1) is 0 Å². The second-order valence-corrected chi connectivity index (χ2v) is 9.52. The van der Waals surface area contributed by atoms with Crippen molar-refractivity contribution < 1.29 is 34.4 Å². The van der Waals surface area contributed by atoms with Crippen LogP contribution in [0.15, 0.2) is 113 Å². The van der Waals surface area contributed by atoms with Gasteiger partial charge in [-0.1, -0.05) is 91.0 Å². The number of aromatic amines is 1. The van der Waals surface area contributed by atoms with E-state index in [1.54, 1.807) is 18.2 Å². The summed E-state index contributed by atoms with van der Waals surface area (Å²) >= 11 is 0. The van der Waals surface area contributed by atoms with Gasteiger partial charge in [-0.3, -0.25) is 28.7 Å². The van der Waals surface area contributed by atoms with Gasteiger partial charge in [-0.25, -0.2) is 4.79 Å². The highest BCUT2D eigenvalue weighted by atomic mass is 16.6. The molecule has 11 heteroatoms. The maximum absolute atomic E-state index is 14.1. The molecule has 1 saturated heterocycles. The fraction of sp³-hybridized carbons (Fsp3) is 0.167. The van der Waals surface area contributed by atoms with Crippen LogP contribution in [-0.2, 0) is 4.74 Å². The summed E-state index contributed by atoms with van der Waals surface area (Å²) in [6.45, 7) is 0. The Morgan fingerprint density at radius 3 is 1.68 bits per heavy atom. The number of hydrogen-bond acceptors (Lipinski definition) is 9. The number of aromatic nitrogens is 2. The summed E-state index contributed by atoms with van der Waals surface area (Å²) in [5, 5.41) is 36.0. The lowest BCUT2D eigenvalue weighted by atomic mass is 9.69. The van der Waals surface area contributed by atoms with Crippen molar-refractivity contribution in [2.24, 2.45) is 0 Å². The first kappa shape index (κ1) is 27.7. The van der Waals surface area contributed by atoms with Crippen LogP contribution in [0.2, 0.25) is 0 Å². The number of ether oxygens (including phenoxy) is 1. The zero-order valence-corrected chi connectivity index (χ0v) is 21.3. The van der Waals surface area contributed by atoms with Gasteiger partial charge in [0.25, 0.3) is 5.56 Å². The Bertz CT molecular complexity index is 1720. The summed E-state index contributed by atoms with van der Waals surface area (Å²) in [4.78, 5) is 68.2. The lowest BCUT2D eigenvalue weighted by Gasteiger charge is -2.39. The Balaban J connectivity index is 1.78. The molecule has 5 atom stereocenters. The highest BCUT2D eigenvalue weighted by Crippen LogP contribution is 2.50. The summed E-state index contributed by atoms with van der Waals surface area (Å²) in [6, 6.07) is 22.6. The molecule has 1 unspecified atom stereocenters. The molecule has 5 rings (SSSR count). The summed E-state index contributed by atoms with van der Waals surface area (Å²) < 4.78 is 6.42. The largest absolute Gasteiger partial charge is 0.382 e. The van der Waals surface area contributed by atoms with Crippen LogP contribution in [0.5, 0.6) is 0 Å². The smallest absolute Gasteiger partial charge is 0.330 e. The third-order valence-electron chi connectivity index (χ3n) is 7.11. The van der Waals surface area contributed by atoms with E-state index in [1.165, 1.54) is 72.8 Å². The Morgan fingerprint density at radius 2 is 1.20 bits per heavy atom. The Kier molecular flexibility index (Phi) is 7.20. The second-order valence-electron chi connectivity index (χ2n) is 9.52. The summed E-state index contributed by atoms with van der Waals surface area (Å²) in [5.74, 6) is -3.48. The van der Waals surface area contributed by atoms with Crippen LogP contribution in [0.1, 0.15) is 37.3 Å². The lowest BCUT2D eigenvalue weighted by Crippen LogP contribution is -2.69.